The number of halogens is 1. The monoisotopic (exact) mass is 489 g/mol. The lowest BCUT2D eigenvalue weighted by molar-refractivity contribution is 0.299. The van der Waals surface area contributed by atoms with Gasteiger partial charge in [0.25, 0.3) is 0 Å². The van der Waals surface area contributed by atoms with Gasteiger partial charge in [-0.3, -0.25) is 9.97 Å². The van der Waals surface area contributed by atoms with Gasteiger partial charge in [0, 0.05) is 34.4 Å². The molecule has 5 rings (SSSR count). The molecule has 0 radical (unpaired) electrons. The molecule has 31 heavy (non-hydrogen) atoms. The number of benzene rings is 1. The van der Waals surface area contributed by atoms with Crippen molar-refractivity contribution in [2.24, 2.45) is 0 Å². The number of nitrogens with one attached hydrogen (secondary N) is 1. The standard InChI is InChI=1S/C24H20BrN5S/c25-17-7-5-9-19(15-17)29-14-6-11-21(29)23-22(20-10-2-4-13-27-20)28-24(31)30(23)16-18-8-1-3-12-26-18/h1-15,22-23H,16H2,(H,28,31)/t22-,23+/m1/s1. The van der Waals surface area contributed by atoms with E-state index in [0.717, 1.165) is 27.2 Å². The summed E-state index contributed by atoms with van der Waals surface area (Å²) in [6, 6.07) is 24.4. The first-order valence-corrected chi connectivity index (χ1v) is 11.2. The van der Waals surface area contributed by atoms with Crippen molar-refractivity contribution >= 4 is 33.3 Å². The Morgan fingerprint density at radius 2 is 1.77 bits per heavy atom. The zero-order valence-electron chi connectivity index (χ0n) is 16.6. The largest absolute Gasteiger partial charge is 0.352 e. The van der Waals surface area contributed by atoms with Crippen LogP contribution in [0.5, 0.6) is 0 Å². The van der Waals surface area contributed by atoms with Crippen molar-refractivity contribution in [3.63, 3.8) is 0 Å². The Morgan fingerprint density at radius 1 is 0.935 bits per heavy atom. The summed E-state index contributed by atoms with van der Waals surface area (Å²) in [6.45, 7) is 0.615. The van der Waals surface area contributed by atoms with E-state index in [4.69, 9.17) is 12.2 Å². The molecular formula is C24H20BrN5S. The van der Waals surface area contributed by atoms with Gasteiger partial charge in [-0.05, 0) is 66.8 Å². The smallest absolute Gasteiger partial charge is 0.170 e. The summed E-state index contributed by atoms with van der Waals surface area (Å²) in [7, 11) is 0. The molecule has 0 aliphatic carbocycles. The molecule has 1 aliphatic rings. The van der Waals surface area contributed by atoms with Crippen molar-refractivity contribution in [3.8, 4) is 5.69 Å². The lowest BCUT2D eigenvalue weighted by atomic mass is 10.0. The van der Waals surface area contributed by atoms with Crippen LogP contribution in [0.4, 0.5) is 0 Å². The van der Waals surface area contributed by atoms with Gasteiger partial charge in [0.05, 0.1) is 30.0 Å². The zero-order valence-corrected chi connectivity index (χ0v) is 19.0. The fraction of sp³-hybridized carbons (Fsp3) is 0.125. The van der Waals surface area contributed by atoms with Gasteiger partial charge in [-0.1, -0.05) is 34.1 Å². The average Bonchev–Trinajstić information content (AvgIpc) is 3.40. The molecule has 1 aromatic carbocycles. The third kappa shape index (κ3) is 3.98. The van der Waals surface area contributed by atoms with Crippen LogP contribution in [0, 0.1) is 0 Å². The van der Waals surface area contributed by atoms with Crippen LogP contribution in [0.2, 0.25) is 0 Å². The highest BCUT2D eigenvalue weighted by molar-refractivity contribution is 9.10. The topological polar surface area (TPSA) is 46.0 Å². The Kier molecular flexibility index (Phi) is 5.53. The molecule has 4 heterocycles. The van der Waals surface area contributed by atoms with Crippen molar-refractivity contribution in [1.82, 2.24) is 24.8 Å². The molecular weight excluding hydrogens is 470 g/mol. The molecule has 3 aromatic heterocycles. The average molecular weight is 490 g/mol. The van der Waals surface area contributed by atoms with Gasteiger partial charge >= 0.3 is 0 Å². The van der Waals surface area contributed by atoms with E-state index in [9.17, 15) is 0 Å². The molecule has 1 aliphatic heterocycles. The van der Waals surface area contributed by atoms with Crippen molar-refractivity contribution < 1.29 is 0 Å². The SMILES string of the molecule is S=C1N[C@H](c2ccccn2)[C@H](c2cccn2-c2cccc(Br)c2)N1Cc1ccccn1. The van der Waals surface area contributed by atoms with Crippen LogP contribution in [0.25, 0.3) is 5.69 Å². The number of thiocarbonyl (C=S) groups is 1. The molecule has 0 unspecified atom stereocenters. The van der Waals surface area contributed by atoms with Gasteiger partial charge < -0.3 is 14.8 Å². The maximum Gasteiger partial charge on any atom is 0.170 e. The minimum atomic E-state index is -0.0711. The highest BCUT2D eigenvalue weighted by Crippen LogP contribution is 2.40. The normalized spacial score (nSPS) is 18.2. The third-order valence-electron chi connectivity index (χ3n) is 5.43. The van der Waals surface area contributed by atoms with Crippen LogP contribution in [0.15, 0.2) is 95.9 Å². The van der Waals surface area contributed by atoms with Crippen LogP contribution in [0.1, 0.15) is 29.2 Å². The summed E-state index contributed by atoms with van der Waals surface area (Å²) < 4.78 is 3.25. The van der Waals surface area contributed by atoms with Crippen molar-refractivity contribution in [2.45, 2.75) is 18.6 Å². The molecule has 2 atom stereocenters. The van der Waals surface area contributed by atoms with Gasteiger partial charge in [0.15, 0.2) is 5.11 Å². The fourth-order valence-corrected chi connectivity index (χ4v) is 4.75. The minimum Gasteiger partial charge on any atom is -0.352 e. The van der Waals surface area contributed by atoms with E-state index in [0.29, 0.717) is 11.7 Å². The maximum absolute atomic E-state index is 5.79. The number of nitrogens with zero attached hydrogens (tertiary/aromatic N) is 4. The van der Waals surface area contributed by atoms with Crippen molar-refractivity contribution in [1.29, 1.82) is 0 Å². The summed E-state index contributed by atoms with van der Waals surface area (Å²) in [4.78, 5) is 11.4. The van der Waals surface area contributed by atoms with E-state index in [2.05, 4.69) is 71.1 Å². The second kappa shape index (κ2) is 8.61. The first kappa shape index (κ1) is 19.9. The van der Waals surface area contributed by atoms with Gasteiger partial charge in [-0.2, -0.15) is 0 Å². The predicted molar refractivity (Wildman–Crippen MR) is 129 cm³/mol. The van der Waals surface area contributed by atoms with E-state index in [1.54, 1.807) is 0 Å². The molecule has 0 amide bonds. The lowest BCUT2D eigenvalue weighted by Gasteiger charge is -2.28. The van der Waals surface area contributed by atoms with Gasteiger partial charge in [0.1, 0.15) is 0 Å². The maximum atomic E-state index is 5.79. The molecule has 1 saturated heterocycles. The third-order valence-corrected chi connectivity index (χ3v) is 6.27. The van der Waals surface area contributed by atoms with Crippen LogP contribution in [-0.2, 0) is 6.54 Å². The number of hydrogen-bond donors (Lipinski definition) is 1. The summed E-state index contributed by atoms with van der Waals surface area (Å²) in [5.41, 5.74) is 4.15. The molecule has 154 valence electrons. The molecule has 5 nitrogen and oxygen atoms in total. The Bertz CT molecular complexity index is 1190. The molecule has 4 aromatic rings. The fourth-order valence-electron chi connectivity index (χ4n) is 4.06. The summed E-state index contributed by atoms with van der Waals surface area (Å²) in [5, 5.41) is 4.22. The Morgan fingerprint density at radius 3 is 2.52 bits per heavy atom. The Hall–Kier alpha value is -3.03. The first-order chi connectivity index (χ1) is 15.2. The van der Waals surface area contributed by atoms with Crippen LogP contribution in [0.3, 0.4) is 0 Å². The van der Waals surface area contributed by atoms with Crippen LogP contribution < -0.4 is 5.32 Å². The van der Waals surface area contributed by atoms with E-state index >= 15 is 0 Å². The Balaban J connectivity index is 1.61. The lowest BCUT2D eigenvalue weighted by Crippen LogP contribution is -2.30. The highest BCUT2D eigenvalue weighted by Gasteiger charge is 2.41. The molecule has 0 saturated carbocycles. The van der Waals surface area contributed by atoms with E-state index in [1.807, 2.05) is 60.9 Å². The van der Waals surface area contributed by atoms with Gasteiger partial charge in [0.2, 0.25) is 0 Å². The number of pyridine rings is 2. The van der Waals surface area contributed by atoms with Gasteiger partial charge in [-0.25, -0.2) is 0 Å². The van der Waals surface area contributed by atoms with Crippen LogP contribution >= 0.6 is 28.1 Å². The molecule has 0 bridgehead atoms. The van der Waals surface area contributed by atoms with E-state index in [1.165, 1.54) is 0 Å². The van der Waals surface area contributed by atoms with E-state index in [-0.39, 0.29) is 12.1 Å². The summed E-state index contributed by atoms with van der Waals surface area (Å²) in [5.74, 6) is 0. The summed E-state index contributed by atoms with van der Waals surface area (Å²) >= 11 is 9.39. The molecule has 1 N–H and O–H groups in total. The quantitative estimate of drug-likeness (QED) is 0.390. The zero-order chi connectivity index (χ0) is 21.2. The highest BCUT2D eigenvalue weighted by atomic mass is 79.9. The molecule has 1 fully saturated rings. The number of aromatic nitrogens is 3. The molecule has 0 spiro atoms. The predicted octanol–water partition coefficient (Wildman–Crippen LogP) is 5.20. The van der Waals surface area contributed by atoms with Crippen molar-refractivity contribution in [2.75, 3.05) is 0 Å². The number of hydrogen-bond acceptors (Lipinski definition) is 3. The summed E-state index contributed by atoms with van der Waals surface area (Å²) in [6.07, 6.45) is 5.73. The first-order valence-electron chi connectivity index (χ1n) is 10.0. The van der Waals surface area contributed by atoms with Gasteiger partial charge in [-0.15, -0.1) is 0 Å². The number of rotatable bonds is 5. The second-order valence-electron chi connectivity index (χ2n) is 7.36. The van der Waals surface area contributed by atoms with Crippen molar-refractivity contribution in [3.05, 3.63) is 113 Å². The van der Waals surface area contributed by atoms with E-state index < -0.39 is 0 Å². The van der Waals surface area contributed by atoms with Crippen LogP contribution in [-0.4, -0.2) is 24.5 Å². The second-order valence-corrected chi connectivity index (χ2v) is 8.66. The molecule has 7 heteroatoms. The Labute approximate surface area is 194 Å². The minimum absolute atomic E-state index is 0.0432.